The van der Waals surface area contributed by atoms with E-state index in [1.165, 1.54) is 67.3 Å². The quantitative estimate of drug-likeness (QED) is 0.0393. The van der Waals surface area contributed by atoms with Crippen molar-refractivity contribution in [3.63, 3.8) is 0 Å². The van der Waals surface area contributed by atoms with Crippen LogP contribution in [0, 0.1) is 27.7 Å². The van der Waals surface area contributed by atoms with Crippen molar-refractivity contribution in [2.24, 2.45) is 0 Å². The maximum atomic E-state index is 13.3. The SMILES string of the molecule is CI.Cc1cc(N)c(-c2nnn(-c3ccc(CCN4CCc5cc(-n6ccnc6)ccc5C4)cc3)n2)cc1C.Cc1cc(NC(=O)c2cc(=O)c3ccccc3o2)c(-c2nnn(-c3ccc(CCN4CCc5cc(-n6ccnc6)ccc5C4)cc3)n2)cc1C.FI.O=C(Sc1nc2ccccc2s1)c1cc(=O)c2ccccc2o1. The standard InChI is InChI=1S/C39H34N8O3.C29H30N8.C17H9NO3S2.CH3I.FI/c1-25-19-33(34(20-26(25)2)41-39(49)37-22-35(48)32-5-3-4-6-36(32)50-37)38-42-44-47(43-38)30-10-7-27(8-11-30)13-16-45-17-14-28-21-31(12-9-29(28)23-45)46-18-15-40-24-46;1-20-15-27(28(30)16-21(20)2)29-32-34-37(33-29)25-6-3-22(4-7-25)9-12-35-13-10-23-17-26(8-5-24(23)18-35)36-14-11-31-19-36;19-12-9-14(21-13-7-3-1-5-10(12)13)16(20)23-17-18-11-6-2-4-8-15(11)22-17;2*1-2/h3-12,15,18-22,24H,13-14,16-17,23H2,1-2H3,(H,41,49);3-8,11,14-17,19H,9-10,12-13,18,30H2,1-2H3;1-9H;1H3;. The van der Waals surface area contributed by atoms with Crippen LogP contribution in [0.5, 0.6) is 0 Å². The van der Waals surface area contributed by atoms with Gasteiger partial charge in [0.05, 0.1) is 50.7 Å². The number of aromatic nitrogens is 13. The van der Waals surface area contributed by atoms with Gasteiger partial charge in [-0.3, -0.25) is 29.0 Å². The van der Waals surface area contributed by atoms with E-state index >= 15 is 0 Å². The number of nitrogen functional groups attached to an aromatic ring is 1. The first-order chi connectivity index (χ1) is 55.6. The second-order valence-corrected chi connectivity index (χ2v) is 29.5. The Labute approximate surface area is 691 Å². The lowest BCUT2D eigenvalue weighted by molar-refractivity contribution is 0.0996. The van der Waals surface area contributed by atoms with E-state index in [0.717, 1.165) is 132 Å². The molecular formula is C86H76FI2N17O6S2. The molecule has 23 nitrogen and oxygen atoms in total. The monoisotopic (exact) mass is 1780 g/mol. The Balaban J connectivity index is 0.000000147. The number of hydrogen-bond donors (Lipinski definition) is 2. The van der Waals surface area contributed by atoms with E-state index in [1.807, 2.05) is 134 Å². The van der Waals surface area contributed by atoms with Gasteiger partial charge in [0.15, 0.2) is 49.9 Å². The van der Waals surface area contributed by atoms with Gasteiger partial charge in [-0.05, 0) is 245 Å². The number of nitrogens with two attached hydrogens (primary N) is 1. The first-order valence-electron chi connectivity index (χ1n) is 36.5. The molecule has 9 aromatic carbocycles. The predicted octanol–water partition coefficient (Wildman–Crippen LogP) is 17.1. The first-order valence-corrected chi connectivity index (χ1v) is 41.1. The van der Waals surface area contributed by atoms with Crippen LogP contribution >= 0.6 is 68.9 Å². The van der Waals surface area contributed by atoms with Gasteiger partial charge in [0, 0.05) is 104 Å². The Bertz CT molecular complexity index is 6200. The molecule has 0 radical (unpaired) electrons. The Morgan fingerprint density at radius 2 is 1.02 bits per heavy atom. The molecule has 2 aliphatic rings. The number of thioether (sulfide) groups is 1. The minimum absolute atomic E-state index is 0.0398. The van der Waals surface area contributed by atoms with E-state index in [1.54, 1.807) is 59.5 Å². The van der Waals surface area contributed by atoms with E-state index in [2.05, 4.69) is 156 Å². The average Bonchev–Trinajstić information content (AvgIpc) is 1.79. The summed E-state index contributed by atoms with van der Waals surface area (Å²) in [6.07, 6.45) is 15.3. The lowest BCUT2D eigenvalue weighted by atomic mass is 9.98. The maximum absolute atomic E-state index is 13.3. The molecule has 0 spiro atoms. The van der Waals surface area contributed by atoms with Crippen molar-refractivity contribution >= 4 is 123 Å². The van der Waals surface area contributed by atoms with Crippen molar-refractivity contribution in [1.29, 1.82) is 0 Å². The van der Waals surface area contributed by atoms with Gasteiger partial charge in [0.1, 0.15) is 11.2 Å². The largest absolute Gasteiger partial charge is 0.452 e. The first kappa shape index (κ1) is 79.1. The Kier molecular flexibility index (Phi) is 25.3. The highest BCUT2D eigenvalue weighted by atomic mass is 127. The number of halogens is 3. The van der Waals surface area contributed by atoms with Crippen LogP contribution in [0.1, 0.15) is 76.7 Å². The number of anilines is 2. The van der Waals surface area contributed by atoms with Crippen molar-refractivity contribution in [1.82, 2.24) is 74.3 Å². The Morgan fingerprint density at radius 1 is 0.544 bits per heavy atom. The van der Waals surface area contributed by atoms with Crippen LogP contribution in [-0.2, 0) is 38.8 Å². The average molecular weight is 1780 g/mol. The predicted molar refractivity (Wildman–Crippen MR) is 463 cm³/mol. The van der Waals surface area contributed by atoms with Gasteiger partial charge >= 0.3 is 0 Å². The number of rotatable bonds is 16. The summed E-state index contributed by atoms with van der Waals surface area (Å²) >= 11 is 5.21. The maximum Gasteiger partial charge on any atom is 0.291 e. The molecule has 0 bridgehead atoms. The number of para-hydroxylation sites is 3. The summed E-state index contributed by atoms with van der Waals surface area (Å²) in [6, 6.07) is 61.6. The fraction of sp³-hybridized carbons (Fsp3) is 0.174. The minimum Gasteiger partial charge on any atom is -0.452 e. The van der Waals surface area contributed by atoms with Gasteiger partial charge in [0.2, 0.25) is 11.6 Å². The molecule has 0 saturated carbocycles. The van der Waals surface area contributed by atoms with Crippen LogP contribution in [0.25, 0.3) is 77.7 Å². The van der Waals surface area contributed by atoms with Crippen molar-refractivity contribution in [2.45, 2.75) is 70.8 Å². The highest BCUT2D eigenvalue weighted by Gasteiger charge is 2.23. The number of fused-ring (bicyclic) bond motifs is 5. The van der Waals surface area contributed by atoms with Crippen LogP contribution in [0.15, 0.2) is 254 Å². The third kappa shape index (κ3) is 18.5. The molecule has 114 heavy (non-hydrogen) atoms. The van der Waals surface area contributed by atoms with Crippen LogP contribution in [0.3, 0.4) is 0 Å². The molecule has 0 unspecified atom stereocenters. The highest BCUT2D eigenvalue weighted by molar-refractivity contribution is 14.1. The van der Waals surface area contributed by atoms with Crippen LogP contribution in [-0.4, -0.2) is 116 Å². The van der Waals surface area contributed by atoms with Gasteiger partial charge in [-0.1, -0.05) is 95.4 Å². The topological polar surface area (TPSA) is 275 Å². The minimum atomic E-state index is -0.547. The number of hydrogen-bond acceptors (Lipinski definition) is 20. The molecule has 9 heterocycles. The lowest BCUT2D eigenvalue weighted by Gasteiger charge is -2.29. The zero-order valence-corrected chi connectivity index (χ0v) is 68.6. The summed E-state index contributed by atoms with van der Waals surface area (Å²) < 4.78 is 26.5. The number of imidazole rings is 2. The Morgan fingerprint density at radius 3 is 1.55 bits per heavy atom. The lowest BCUT2D eigenvalue weighted by Crippen LogP contribution is -2.32. The van der Waals surface area contributed by atoms with Crippen LogP contribution < -0.4 is 21.9 Å². The summed E-state index contributed by atoms with van der Waals surface area (Å²) in [6.45, 7) is 14.1. The molecule has 574 valence electrons. The van der Waals surface area contributed by atoms with Crippen molar-refractivity contribution in [3.8, 4) is 45.5 Å². The number of amides is 1. The number of carbonyl (C=O) groups excluding carboxylic acids is 2. The van der Waals surface area contributed by atoms with Crippen molar-refractivity contribution < 1.29 is 21.3 Å². The molecule has 0 aliphatic carbocycles. The third-order valence-electron chi connectivity index (χ3n) is 19.9. The summed E-state index contributed by atoms with van der Waals surface area (Å²) in [5.41, 5.74) is 26.3. The summed E-state index contributed by atoms with van der Waals surface area (Å²) in [4.78, 5) is 73.2. The number of alkyl halides is 1. The second-order valence-electron chi connectivity index (χ2n) is 27.3. The fourth-order valence-electron chi connectivity index (χ4n) is 13.5. The zero-order valence-electron chi connectivity index (χ0n) is 62.7. The molecule has 0 fully saturated rings. The summed E-state index contributed by atoms with van der Waals surface area (Å²) in [5.74, 6) is 0.300. The van der Waals surface area contributed by atoms with Gasteiger partial charge in [-0.25, -0.2) is 15.0 Å². The number of nitrogens with one attached hydrogen (secondary N) is 1. The normalized spacial score (nSPS) is 12.5. The number of benzene rings is 9. The molecule has 3 N–H and O–H groups in total. The van der Waals surface area contributed by atoms with E-state index in [9.17, 15) is 22.0 Å². The fourth-order valence-corrected chi connectivity index (χ4v) is 15.4. The highest BCUT2D eigenvalue weighted by Crippen LogP contribution is 2.34. The molecule has 7 aromatic heterocycles. The van der Waals surface area contributed by atoms with E-state index in [-0.39, 0.29) is 27.5 Å². The molecule has 0 saturated heterocycles. The molecule has 28 heteroatoms. The van der Waals surface area contributed by atoms with Crippen molar-refractivity contribution in [3.05, 3.63) is 319 Å². The van der Waals surface area contributed by atoms with Gasteiger partial charge < -0.3 is 29.0 Å². The molecule has 16 aromatic rings. The van der Waals surface area contributed by atoms with Crippen molar-refractivity contribution in [2.75, 3.05) is 42.2 Å². The second kappa shape index (κ2) is 36.5. The number of thiazole rings is 1. The smallest absolute Gasteiger partial charge is 0.291 e. The number of carbonyl (C=O) groups is 2. The molecule has 1 amide bonds. The number of aryl methyl sites for hydroxylation is 4. The summed E-state index contributed by atoms with van der Waals surface area (Å²) in [5, 5.41) is 29.9. The van der Waals surface area contributed by atoms with Gasteiger partial charge in [-0.15, -0.1) is 41.3 Å². The van der Waals surface area contributed by atoms with Gasteiger partial charge in [0.25, 0.3) is 11.0 Å². The van der Waals surface area contributed by atoms with Crippen LogP contribution in [0.4, 0.5) is 14.2 Å². The molecular weight excluding hydrogens is 1700 g/mol. The van der Waals surface area contributed by atoms with Crippen LogP contribution in [0.2, 0.25) is 0 Å². The van der Waals surface area contributed by atoms with Gasteiger partial charge in [-0.2, -0.15) is 2.86 Å². The molecule has 2 aliphatic heterocycles. The number of nitrogens with zero attached hydrogens (tertiary/aromatic N) is 15. The van der Waals surface area contributed by atoms with E-state index in [4.69, 9.17) is 14.6 Å². The zero-order chi connectivity index (χ0) is 79.4. The molecule has 18 rings (SSSR count). The summed E-state index contributed by atoms with van der Waals surface area (Å²) in [7, 11) is 0. The Hall–Kier alpha value is -11.6. The van der Waals surface area contributed by atoms with E-state index < -0.39 is 5.91 Å². The van der Waals surface area contributed by atoms with E-state index in [0.29, 0.717) is 78.0 Å². The molecule has 0 atom stereocenters. The third-order valence-corrected chi connectivity index (χ3v) is 21.9. The number of tetrazole rings is 2.